The van der Waals surface area contributed by atoms with Crippen LogP contribution in [0.4, 0.5) is 5.69 Å². The van der Waals surface area contributed by atoms with E-state index in [0.29, 0.717) is 23.6 Å². The van der Waals surface area contributed by atoms with E-state index >= 15 is 0 Å². The Hall–Kier alpha value is -2.83. The average Bonchev–Trinajstić information content (AvgIpc) is 3.24. The highest BCUT2D eigenvalue weighted by Gasteiger charge is 2.30. The minimum absolute atomic E-state index is 0.121. The second kappa shape index (κ2) is 7.38. The highest BCUT2D eigenvalue weighted by atomic mass is 16.5. The maximum absolute atomic E-state index is 12.7. The van der Waals surface area contributed by atoms with Crippen molar-refractivity contribution in [3.05, 3.63) is 41.3 Å². The number of aromatic nitrogens is 1. The number of benzene rings is 1. The van der Waals surface area contributed by atoms with Crippen molar-refractivity contribution >= 4 is 17.5 Å². The molecule has 7 nitrogen and oxygen atoms in total. The first-order valence-electron chi connectivity index (χ1n) is 8.44. The molecule has 0 aliphatic heterocycles. The molecule has 1 saturated carbocycles. The summed E-state index contributed by atoms with van der Waals surface area (Å²) >= 11 is 0. The standard InChI is InChI=1S/C18H21N3O4/c1-2-24-13-10-6-5-9-12(13)18(23)20-15-14(11-7-3-4-8-11)21-25-16(15)17(19)22/h5-6,9-11H,2-4,7-8H2,1H3,(H2,19,22)(H,20,23). The maximum atomic E-state index is 12.7. The first kappa shape index (κ1) is 17.0. The number of hydrogen-bond donors (Lipinski definition) is 2. The zero-order valence-electron chi connectivity index (χ0n) is 14.1. The second-order valence-electron chi connectivity index (χ2n) is 6.00. The van der Waals surface area contributed by atoms with Gasteiger partial charge >= 0.3 is 0 Å². The highest BCUT2D eigenvalue weighted by Crippen LogP contribution is 2.38. The van der Waals surface area contributed by atoms with Crippen molar-refractivity contribution in [2.75, 3.05) is 11.9 Å². The van der Waals surface area contributed by atoms with Crippen molar-refractivity contribution in [2.45, 2.75) is 38.5 Å². The number of ether oxygens (including phenoxy) is 1. The van der Waals surface area contributed by atoms with E-state index in [9.17, 15) is 9.59 Å². The Morgan fingerprint density at radius 2 is 2.04 bits per heavy atom. The molecular formula is C18H21N3O4. The first-order chi connectivity index (χ1) is 12.1. The van der Waals surface area contributed by atoms with Crippen LogP contribution in [0, 0.1) is 0 Å². The van der Waals surface area contributed by atoms with Gasteiger partial charge < -0.3 is 20.3 Å². The van der Waals surface area contributed by atoms with Gasteiger partial charge in [0.05, 0.1) is 12.2 Å². The van der Waals surface area contributed by atoms with Gasteiger partial charge in [-0.2, -0.15) is 0 Å². The average molecular weight is 343 g/mol. The molecule has 2 amide bonds. The number of amides is 2. The summed E-state index contributed by atoms with van der Waals surface area (Å²) in [6.45, 7) is 2.29. The minimum Gasteiger partial charge on any atom is -0.493 e. The molecule has 0 atom stereocenters. The van der Waals surface area contributed by atoms with Gasteiger partial charge in [0.15, 0.2) is 0 Å². The third kappa shape index (κ3) is 3.50. The molecule has 3 N–H and O–H groups in total. The molecule has 132 valence electrons. The number of nitrogens with zero attached hydrogens (tertiary/aromatic N) is 1. The zero-order chi connectivity index (χ0) is 17.8. The number of carbonyl (C=O) groups is 2. The van der Waals surface area contributed by atoms with Crippen LogP contribution < -0.4 is 15.8 Å². The van der Waals surface area contributed by atoms with E-state index in [1.807, 2.05) is 6.92 Å². The molecule has 0 bridgehead atoms. The Bertz CT molecular complexity index is 778. The van der Waals surface area contributed by atoms with Crippen LogP contribution in [0.3, 0.4) is 0 Å². The summed E-state index contributed by atoms with van der Waals surface area (Å²) in [6.07, 6.45) is 4.07. The molecule has 1 heterocycles. The van der Waals surface area contributed by atoms with Gasteiger partial charge in [-0.25, -0.2) is 0 Å². The third-order valence-corrected chi connectivity index (χ3v) is 4.35. The fourth-order valence-electron chi connectivity index (χ4n) is 3.19. The van der Waals surface area contributed by atoms with Gasteiger partial charge in [-0.1, -0.05) is 30.1 Å². The number of carbonyl (C=O) groups excluding carboxylic acids is 2. The molecule has 0 unspecified atom stereocenters. The summed E-state index contributed by atoms with van der Waals surface area (Å²) in [4.78, 5) is 24.4. The lowest BCUT2D eigenvalue weighted by atomic mass is 10.0. The first-order valence-corrected chi connectivity index (χ1v) is 8.44. The monoisotopic (exact) mass is 343 g/mol. The predicted octanol–water partition coefficient (Wildman–Crippen LogP) is 3.08. The molecular weight excluding hydrogens is 322 g/mol. The van der Waals surface area contributed by atoms with Crippen LogP contribution in [0.5, 0.6) is 5.75 Å². The predicted molar refractivity (Wildman–Crippen MR) is 91.8 cm³/mol. The van der Waals surface area contributed by atoms with E-state index in [4.69, 9.17) is 15.0 Å². The number of nitrogens with one attached hydrogen (secondary N) is 1. The van der Waals surface area contributed by atoms with Crippen molar-refractivity contribution in [1.82, 2.24) is 5.16 Å². The molecule has 1 aromatic heterocycles. The van der Waals surface area contributed by atoms with Crippen LogP contribution in [-0.2, 0) is 0 Å². The minimum atomic E-state index is -0.759. The number of nitrogens with two attached hydrogens (primary N) is 1. The van der Waals surface area contributed by atoms with Crippen LogP contribution in [0.1, 0.15) is 65.1 Å². The fourth-order valence-corrected chi connectivity index (χ4v) is 3.19. The van der Waals surface area contributed by atoms with Crippen molar-refractivity contribution < 1.29 is 18.8 Å². The third-order valence-electron chi connectivity index (χ3n) is 4.35. The molecule has 0 saturated heterocycles. The zero-order valence-corrected chi connectivity index (χ0v) is 14.1. The molecule has 1 aromatic carbocycles. The van der Waals surface area contributed by atoms with Gasteiger partial charge in [-0.05, 0) is 31.9 Å². The van der Waals surface area contributed by atoms with Gasteiger partial charge in [-0.3, -0.25) is 9.59 Å². The lowest BCUT2D eigenvalue weighted by Gasteiger charge is -2.12. The molecule has 0 spiro atoms. The summed E-state index contributed by atoms with van der Waals surface area (Å²) < 4.78 is 10.6. The van der Waals surface area contributed by atoms with Crippen molar-refractivity contribution in [3.63, 3.8) is 0 Å². The normalized spacial score (nSPS) is 14.4. The van der Waals surface area contributed by atoms with Crippen molar-refractivity contribution in [2.24, 2.45) is 5.73 Å². The van der Waals surface area contributed by atoms with E-state index in [2.05, 4.69) is 10.5 Å². The Kier molecular flexibility index (Phi) is 5.02. The fraction of sp³-hybridized carbons (Fsp3) is 0.389. The Labute approximate surface area is 145 Å². The van der Waals surface area contributed by atoms with Gasteiger partial charge in [0, 0.05) is 5.92 Å². The van der Waals surface area contributed by atoms with Crippen molar-refractivity contribution in [1.29, 1.82) is 0 Å². The quantitative estimate of drug-likeness (QED) is 0.838. The lowest BCUT2D eigenvalue weighted by Crippen LogP contribution is -2.19. The molecule has 25 heavy (non-hydrogen) atoms. The smallest absolute Gasteiger partial charge is 0.289 e. The van der Waals surface area contributed by atoms with Gasteiger partial charge in [0.1, 0.15) is 17.1 Å². The van der Waals surface area contributed by atoms with E-state index in [-0.39, 0.29) is 17.4 Å². The largest absolute Gasteiger partial charge is 0.493 e. The van der Waals surface area contributed by atoms with Gasteiger partial charge in [0.25, 0.3) is 11.8 Å². The van der Waals surface area contributed by atoms with Crippen molar-refractivity contribution in [3.8, 4) is 5.75 Å². The summed E-state index contributed by atoms with van der Waals surface area (Å²) in [5.41, 5.74) is 6.61. The van der Waals surface area contributed by atoms with Gasteiger partial charge in [0.2, 0.25) is 5.76 Å². The summed E-state index contributed by atoms with van der Waals surface area (Å²) in [6, 6.07) is 6.92. The number of primary amides is 1. The second-order valence-corrected chi connectivity index (χ2v) is 6.00. The number of anilines is 1. The molecule has 1 aliphatic rings. The lowest BCUT2D eigenvalue weighted by molar-refractivity contribution is 0.0966. The summed E-state index contributed by atoms with van der Waals surface area (Å²) in [7, 11) is 0. The molecule has 2 aromatic rings. The molecule has 3 rings (SSSR count). The van der Waals surface area contributed by atoms with E-state index in [0.717, 1.165) is 25.7 Å². The van der Waals surface area contributed by atoms with Gasteiger partial charge in [-0.15, -0.1) is 0 Å². The number of rotatable bonds is 6. The van der Waals surface area contributed by atoms with Crippen LogP contribution in [0.2, 0.25) is 0 Å². The molecule has 1 fully saturated rings. The summed E-state index contributed by atoms with van der Waals surface area (Å²) in [5, 5.41) is 6.76. The Morgan fingerprint density at radius 3 is 2.72 bits per heavy atom. The molecule has 7 heteroatoms. The molecule has 0 radical (unpaired) electrons. The Morgan fingerprint density at radius 1 is 1.32 bits per heavy atom. The highest BCUT2D eigenvalue weighted by molar-refractivity contribution is 6.09. The van der Waals surface area contributed by atoms with E-state index < -0.39 is 11.8 Å². The van der Waals surface area contributed by atoms with E-state index in [1.165, 1.54) is 0 Å². The maximum Gasteiger partial charge on any atom is 0.289 e. The molecule has 1 aliphatic carbocycles. The Balaban J connectivity index is 1.92. The van der Waals surface area contributed by atoms with E-state index in [1.54, 1.807) is 24.3 Å². The number of para-hydroxylation sites is 1. The summed E-state index contributed by atoms with van der Waals surface area (Å²) in [5.74, 6) is -0.639. The van der Waals surface area contributed by atoms with Crippen LogP contribution in [-0.4, -0.2) is 23.6 Å². The number of hydrogen-bond acceptors (Lipinski definition) is 5. The SMILES string of the molecule is CCOc1ccccc1C(=O)Nc1c(C2CCCC2)noc1C(N)=O. The van der Waals surface area contributed by atoms with Crippen LogP contribution in [0.15, 0.2) is 28.8 Å². The van der Waals surface area contributed by atoms with Crippen LogP contribution in [0.25, 0.3) is 0 Å². The van der Waals surface area contributed by atoms with Crippen LogP contribution >= 0.6 is 0 Å². The topological polar surface area (TPSA) is 107 Å².